The predicted molar refractivity (Wildman–Crippen MR) is 102 cm³/mol. The highest BCUT2D eigenvalue weighted by Crippen LogP contribution is 2.37. The lowest BCUT2D eigenvalue weighted by atomic mass is 9.91. The van der Waals surface area contributed by atoms with E-state index in [4.69, 9.17) is 29.6 Å². The molecule has 1 aliphatic heterocycles. The molecule has 3 rings (SSSR count). The number of benzene rings is 1. The van der Waals surface area contributed by atoms with Crippen LogP contribution in [0, 0.1) is 6.57 Å². The number of piperidine rings is 1. The Morgan fingerprint density at radius 1 is 1.36 bits per heavy atom. The highest BCUT2D eigenvalue weighted by atomic mass is 35.5. The second-order valence-electron chi connectivity index (χ2n) is 6.39. The number of rotatable bonds is 3. The van der Waals surface area contributed by atoms with Gasteiger partial charge in [-0.1, -0.05) is 35.5 Å². The molecular weight excluding hydrogens is 356 g/mol. The van der Waals surface area contributed by atoms with Crippen LogP contribution in [0.1, 0.15) is 19.8 Å². The van der Waals surface area contributed by atoms with Gasteiger partial charge in [-0.2, -0.15) is 0 Å². The van der Waals surface area contributed by atoms with Crippen LogP contribution in [0.2, 0.25) is 5.02 Å². The molecule has 1 aromatic heterocycles. The van der Waals surface area contributed by atoms with Gasteiger partial charge >= 0.3 is 0 Å². The van der Waals surface area contributed by atoms with Crippen LogP contribution in [0.25, 0.3) is 4.85 Å². The summed E-state index contributed by atoms with van der Waals surface area (Å²) in [4.78, 5) is 15.3. The van der Waals surface area contributed by atoms with Gasteiger partial charge in [0.15, 0.2) is 11.5 Å². The maximum Gasteiger partial charge on any atom is 0.188 e. The normalized spacial score (nSPS) is 16.5. The van der Waals surface area contributed by atoms with Gasteiger partial charge in [0.25, 0.3) is 0 Å². The van der Waals surface area contributed by atoms with Crippen LogP contribution in [0.4, 0.5) is 17.3 Å². The fourth-order valence-corrected chi connectivity index (χ4v) is 3.65. The summed E-state index contributed by atoms with van der Waals surface area (Å²) in [6.45, 7) is 10.8. The molecule has 8 heteroatoms. The maximum atomic E-state index is 7.02. The number of nitrogen functional groups attached to an aromatic ring is 1. The number of halogens is 1. The number of hydrogen-bond donors (Lipinski definition) is 2. The summed E-state index contributed by atoms with van der Waals surface area (Å²) in [5.41, 5.74) is 12.7. The lowest BCUT2D eigenvalue weighted by molar-refractivity contribution is 0.363. The van der Waals surface area contributed by atoms with Crippen molar-refractivity contribution >= 4 is 40.7 Å². The first-order chi connectivity index (χ1) is 11.9. The largest absolute Gasteiger partial charge is 0.381 e. The van der Waals surface area contributed by atoms with Gasteiger partial charge in [-0.25, -0.2) is 14.8 Å². The van der Waals surface area contributed by atoms with Crippen molar-refractivity contribution in [2.75, 3.05) is 23.7 Å². The summed E-state index contributed by atoms with van der Waals surface area (Å²) in [7, 11) is 0. The maximum absolute atomic E-state index is 7.02. The molecule has 130 valence electrons. The fourth-order valence-electron chi connectivity index (χ4n) is 2.61. The van der Waals surface area contributed by atoms with Gasteiger partial charge in [-0.3, -0.25) is 0 Å². The van der Waals surface area contributed by atoms with Gasteiger partial charge in [0.05, 0.1) is 12.8 Å². The quantitative estimate of drug-likeness (QED) is 0.796. The molecule has 1 aliphatic rings. The number of nitrogens with two attached hydrogens (primary N) is 2. The van der Waals surface area contributed by atoms with Crippen molar-refractivity contribution in [3.05, 3.63) is 40.8 Å². The second kappa shape index (κ2) is 7.08. The zero-order valence-electron chi connectivity index (χ0n) is 13.9. The minimum Gasteiger partial charge on any atom is -0.381 e. The van der Waals surface area contributed by atoms with E-state index in [0.717, 1.165) is 36.6 Å². The van der Waals surface area contributed by atoms with Crippen LogP contribution in [0.15, 0.2) is 34.3 Å². The van der Waals surface area contributed by atoms with E-state index in [2.05, 4.69) is 26.6 Å². The van der Waals surface area contributed by atoms with Crippen molar-refractivity contribution in [2.45, 2.75) is 35.2 Å². The molecule has 1 saturated heterocycles. The topological polar surface area (TPSA) is 85.4 Å². The predicted octanol–water partition coefficient (Wildman–Crippen LogP) is 3.73. The highest BCUT2D eigenvalue weighted by molar-refractivity contribution is 7.99. The molecule has 0 radical (unpaired) electrons. The van der Waals surface area contributed by atoms with Crippen LogP contribution in [0.5, 0.6) is 0 Å². The molecule has 1 fully saturated rings. The zero-order valence-corrected chi connectivity index (χ0v) is 15.4. The van der Waals surface area contributed by atoms with Crippen LogP contribution in [-0.4, -0.2) is 28.6 Å². The van der Waals surface area contributed by atoms with E-state index in [1.165, 1.54) is 11.8 Å². The number of aromatic nitrogens is 2. The van der Waals surface area contributed by atoms with Crippen molar-refractivity contribution < 1.29 is 0 Å². The molecule has 2 aromatic rings. The Kier molecular flexibility index (Phi) is 5.04. The van der Waals surface area contributed by atoms with E-state index in [1.807, 2.05) is 0 Å². The number of hydrogen-bond acceptors (Lipinski definition) is 6. The highest BCUT2D eigenvalue weighted by Gasteiger charge is 2.26. The molecule has 0 unspecified atom stereocenters. The third-order valence-electron chi connectivity index (χ3n) is 4.23. The average Bonchev–Trinajstić information content (AvgIpc) is 2.58. The Labute approximate surface area is 156 Å². The van der Waals surface area contributed by atoms with Gasteiger partial charge in [0.2, 0.25) is 0 Å². The average molecular weight is 375 g/mol. The van der Waals surface area contributed by atoms with Gasteiger partial charge < -0.3 is 16.4 Å². The molecule has 6 nitrogen and oxygen atoms in total. The minimum absolute atomic E-state index is 0.112. The van der Waals surface area contributed by atoms with Crippen LogP contribution in [0.3, 0.4) is 0 Å². The first-order valence-electron chi connectivity index (χ1n) is 7.89. The van der Waals surface area contributed by atoms with Crippen molar-refractivity contribution in [1.29, 1.82) is 0 Å². The summed E-state index contributed by atoms with van der Waals surface area (Å²) >= 11 is 7.56. The van der Waals surface area contributed by atoms with E-state index in [9.17, 15) is 0 Å². The zero-order chi connectivity index (χ0) is 18.0. The lowest BCUT2D eigenvalue weighted by Gasteiger charge is -2.37. The molecule has 1 aromatic carbocycles. The Hall–Kier alpha value is -2.01. The van der Waals surface area contributed by atoms with E-state index in [-0.39, 0.29) is 5.54 Å². The van der Waals surface area contributed by atoms with E-state index in [0.29, 0.717) is 21.6 Å². The summed E-state index contributed by atoms with van der Waals surface area (Å²) in [5, 5.41) is 1.10. The summed E-state index contributed by atoms with van der Waals surface area (Å²) in [6.07, 6.45) is 3.56. The standard InChI is InChI=1S/C17H19ClN6S/c1-17(20)5-7-24(8-6-17)14-10-22-16(15(19)23-14)25-13-4-3-11(21-2)9-12(13)18/h3-4,9-10H,5-8,20H2,1H3,(H2,19,23). The van der Waals surface area contributed by atoms with Crippen LogP contribution in [-0.2, 0) is 0 Å². The molecule has 0 bridgehead atoms. The Morgan fingerprint density at radius 3 is 2.68 bits per heavy atom. The first kappa shape index (κ1) is 17.8. The smallest absolute Gasteiger partial charge is 0.188 e. The van der Waals surface area contributed by atoms with Gasteiger partial charge in [0.1, 0.15) is 10.8 Å². The van der Waals surface area contributed by atoms with Crippen molar-refractivity contribution in [3.8, 4) is 0 Å². The lowest BCUT2D eigenvalue weighted by Crippen LogP contribution is -2.48. The van der Waals surface area contributed by atoms with Gasteiger partial charge in [-0.05, 0) is 25.8 Å². The summed E-state index contributed by atoms with van der Waals surface area (Å²) < 4.78 is 0. The van der Waals surface area contributed by atoms with Crippen LogP contribution < -0.4 is 16.4 Å². The third kappa shape index (κ3) is 4.15. The molecule has 0 saturated carbocycles. The molecule has 25 heavy (non-hydrogen) atoms. The molecule has 0 spiro atoms. The molecule has 2 heterocycles. The molecule has 0 amide bonds. The van der Waals surface area contributed by atoms with Crippen molar-refractivity contribution in [2.24, 2.45) is 5.73 Å². The molecule has 0 aliphatic carbocycles. The summed E-state index contributed by atoms with van der Waals surface area (Å²) in [6, 6.07) is 5.14. The SMILES string of the molecule is [C-]#[N+]c1ccc(Sc2ncc(N3CCC(C)(N)CC3)nc2N)c(Cl)c1. The third-order valence-corrected chi connectivity index (χ3v) is 5.74. The van der Waals surface area contributed by atoms with Gasteiger partial charge in [-0.15, -0.1) is 0 Å². The van der Waals surface area contributed by atoms with E-state index >= 15 is 0 Å². The summed E-state index contributed by atoms with van der Waals surface area (Å²) in [5.74, 6) is 1.14. The van der Waals surface area contributed by atoms with E-state index < -0.39 is 0 Å². The number of anilines is 2. The monoisotopic (exact) mass is 374 g/mol. The molecule has 4 N–H and O–H groups in total. The number of nitrogens with zero attached hydrogens (tertiary/aromatic N) is 4. The minimum atomic E-state index is -0.112. The molecular formula is C17H19ClN6S. The Balaban J connectivity index is 1.76. The fraction of sp³-hybridized carbons (Fsp3) is 0.353. The Morgan fingerprint density at radius 2 is 2.08 bits per heavy atom. The van der Waals surface area contributed by atoms with Crippen molar-refractivity contribution in [1.82, 2.24) is 9.97 Å². The Bertz CT molecular complexity index is 822. The van der Waals surface area contributed by atoms with Gasteiger partial charge in [0, 0.05) is 28.5 Å². The first-order valence-corrected chi connectivity index (χ1v) is 9.09. The van der Waals surface area contributed by atoms with Crippen LogP contribution >= 0.6 is 23.4 Å². The van der Waals surface area contributed by atoms with Crippen molar-refractivity contribution in [3.63, 3.8) is 0 Å². The van der Waals surface area contributed by atoms with E-state index in [1.54, 1.807) is 24.4 Å². The molecule has 0 atom stereocenters. The second-order valence-corrected chi connectivity index (χ2v) is 7.83.